The van der Waals surface area contributed by atoms with Crippen LogP contribution in [0.3, 0.4) is 0 Å². The summed E-state index contributed by atoms with van der Waals surface area (Å²) >= 11 is 0. The van der Waals surface area contributed by atoms with Crippen LogP contribution in [0, 0.1) is 0 Å². The molecule has 6 nitrogen and oxygen atoms in total. The Morgan fingerprint density at radius 3 is 2.76 bits per heavy atom. The average Bonchev–Trinajstić information content (AvgIpc) is 3.15. The van der Waals surface area contributed by atoms with E-state index in [0.29, 0.717) is 19.1 Å². The van der Waals surface area contributed by atoms with Gasteiger partial charge in [0.05, 0.1) is 11.7 Å². The quantitative estimate of drug-likeness (QED) is 0.877. The van der Waals surface area contributed by atoms with Crippen LogP contribution in [0.15, 0.2) is 18.3 Å². The van der Waals surface area contributed by atoms with Crippen molar-refractivity contribution in [1.29, 1.82) is 0 Å². The number of anilines is 1. The number of carbonyl (C=O) groups excluding carboxylic acids is 1. The number of hydrogen-bond acceptors (Lipinski definition) is 5. The summed E-state index contributed by atoms with van der Waals surface area (Å²) in [6, 6.07) is 4.07. The topological polar surface area (TPSA) is 59.9 Å². The van der Waals surface area contributed by atoms with Crippen molar-refractivity contribution in [2.45, 2.75) is 45.3 Å². The van der Waals surface area contributed by atoms with Gasteiger partial charge >= 0.3 is 0 Å². The maximum absolute atomic E-state index is 13.2. The molecule has 2 saturated heterocycles. The lowest BCUT2D eigenvalue weighted by atomic mass is 10.1. The SMILES string of the molecule is CCC1CN(C(=O)c2cccnc2N2CCCC2)CCN1CC(C)O. The predicted molar refractivity (Wildman–Crippen MR) is 98.9 cm³/mol. The fourth-order valence-electron chi connectivity index (χ4n) is 3.96. The molecule has 138 valence electrons. The molecular weight excluding hydrogens is 316 g/mol. The number of aliphatic hydroxyl groups excluding tert-OH is 1. The second kappa shape index (κ2) is 8.15. The lowest BCUT2D eigenvalue weighted by Gasteiger charge is -2.42. The van der Waals surface area contributed by atoms with Crippen LogP contribution in [0.5, 0.6) is 0 Å². The Morgan fingerprint density at radius 1 is 1.32 bits per heavy atom. The van der Waals surface area contributed by atoms with Crippen molar-refractivity contribution in [3.63, 3.8) is 0 Å². The summed E-state index contributed by atoms with van der Waals surface area (Å²) in [6.45, 7) is 8.84. The molecule has 2 fully saturated rings. The molecule has 0 bridgehead atoms. The van der Waals surface area contributed by atoms with Crippen molar-refractivity contribution >= 4 is 11.7 Å². The van der Waals surface area contributed by atoms with Gasteiger partial charge in [0.15, 0.2) is 0 Å². The molecule has 1 aromatic heterocycles. The van der Waals surface area contributed by atoms with Gasteiger partial charge in [0, 0.05) is 51.5 Å². The third-order valence-electron chi connectivity index (χ3n) is 5.28. The molecule has 0 aliphatic carbocycles. The second-order valence-corrected chi connectivity index (χ2v) is 7.23. The maximum atomic E-state index is 13.2. The molecule has 3 rings (SSSR count). The van der Waals surface area contributed by atoms with Crippen molar-refractivity contribution in [2.24, 2.45) is 0 Å². The minimum atomic E-state index is -0.337. The van der Waals surface area contributed by atoms with E-state index in [1.807, 2.05) is 24.0 Å². The van der Waals surface area contributed by atoms with Gasteiger partial charge in [0.1, 0.15) is 5.82 Å². The molecule has 25 heavy (non-hydrogen) atoms. The van der Waals surface area contributed by atoms with Gasteiger partial charge in [0.2, 0.25) is 0 Å². The fraction of sp³-hybridized carbons (Fsp3) is 0.684. The van der Waals surface area contributed by atoms with Crippen LogP contribution in [0.25, 0.3) is 0 Å². The standard InChI is InChI=1S/C19H30N4O2/c1-3-16-14-23(12-11-22(16)13-15(2)24)19(25)17-7-6-8-20-18(17)21-9-4-5-10-21/h6-8,15-16,24H,3-5,9-14H2,1-2H3. The smallest absolute Gasteiger partial charge is 0.257 e. The summed E-state index contributed by atoms with van der Waals surface area (Å²) in [5.74, 6) is 0.926. The van der Waals surface area contributed by atoms with Gasteiger partial charge in [-0.05, 0) is 38.3 Å². The monoisotopic (exact) mass is 346 g/mol. The third-order valence-corrected chi connectivity index (χ3v) is 5.28. The Labute approximate surface area is 150 Å². The number of amides is 1. The highest BCUT2D eigenvalue weighted by Crippen LogP contribution is 2.24. The van der Waals surface area contributed by atoms with Crippen LogP contribution >= 0.6 is 0 Å². The van der Waals surface area contributed by atoms with E-state index in [9.17, 15) is 9.90 Å². The molecule has 1 aromatic rings. The third kappa shape index (κ3) is 4.12. The van der Waals surface area contributed by atoms with E-state index in [2.05, 4.69) is 21.7 Å². The van der Waals surface area contributed by atoms with E-state index in [1.54, 1.807) is 6.20 Å². The molecule has 0 saturated carbocycles. The van der Waals surface area contributed by atoms with Crippen molar-refractivity contribution in [1.82, 2.24) is 14.8 Å². The van der Waals surface area contributed by atoms with Crippen LogP contribution in [-0.2, 0) is 0 Å². The molecular formula is C19H30N4O2. The highest BCUT2D eigenvalue weighted by molar-refractivity contribution is 5.99. The molecule has 0 spiro atoms. The van der Waals surface area contributed by atoms with E-state index in [4.69, 9.17) is 0 Å². The highest BCUT2D eigenvalue weighted by Gasteiger charge is 2.31. The van der Waals surface area contributed by atoms with Crippen molar-refractivity contribution in [3.05, 3.63) is 23.9 Å². The number of hydrogen-bond donors (Lipinski definition) is 1. The lowest BCUT2D eigenvalue weighted by molar-refractivity contribution is 0.0310. The molecule has 1 amide bonds. The van der Waals surface area contributed by atoms with Gasteiger partial charge < -0.3 is 14.9 Å². The molecule has 2 unspecified atom stereocenters. The summed E-state index contributed by atoms with van der Waals surface area (Å²) in [5.41, 5.74) is 0.725. The van der Waals surface area contributed by atoms with Gasteiger partial charge in [-0.15, -0.1) is 0 Å². The van der Waals surface area contributed by atoms with Crippen LogP contribution < -0.4 is 4.90 Å². The summed E-state index contributed by atoms with van der Waals surface area (Å²) in [6.07, 6.45) is 4.75. The van der Waals surface area contributed by atoms with Gasteiger partial charge in [-0.25, -0.2) is 4.98 Å². The zero-order valence-corrected chi connectivity index (χ0v) is 15.4. The number of piperazine rings is 1. The fourth-order valence-corrected chi connectivity index (χ4v) is 3.96. The first kappa shape index (κ1) is 18.1. The summed E-state index contributed by atoms with van der Waals surface area (Å²) in [7, 11) is 0. The van der Waals surface area contributed by atoms with Crippen molar-refractivity contribution in [2.75, 3.05) is 44.2 Å². The molecule has 2 aliphatic rings. The van der Waals surface area contributed by atoms with Crippen LogP contribution in [0.1, 0.15) is 43.5 Å². The molecule has 2 atom stereocenters. The molecule has 1 N–H and O–H groups in total. The summed E-state index contributed by atoms with van der Waals surface area (Å²) < 4.78 is 0. The number of aliphatic hydroxyl groups is 1. The Bertz CT molecular complexity index is 587. The number of nitrogens with zero attached hydrogens (tertiary/aromatic N) is 4. The Hall–Kier alpha value is -1.66. The van der Waals surface area contributed by atoms with Crippen LogP contribution in [0.2, 0.25) is 0 Å². The number of aromatic nitrogens is 1. The lowest BCUT2D eigenvalue weighted by Crippen LogP contribution is -2.55. The molecule has 0 aromatic carbocycles. The maximum Gasteiger partial charge on any atom is 0.257 e. The molecule has 3 heterocycles. The van der Waals surface area contributed by atoms with Crippen LogP contribution in [0.4, 0.5) is 5.82 Å². The van der Waals surface area contributed by atoms with Crippen LogP contribution in [-0.4, -0.2) is 77.2 Å². The second-order valence-electron chi connectivity index (χ2n) is 7.23. The van der Waals surface area contributed by atoms with Gasteiger partial charge in [-0.1, -0.05) is 6.92 Å². The molecule has 2 aliphatic heterocycles. The van der Waals surface area contributed by atoms with E-state index >= 15 is 0 Å². The highest BCUT2D eigenvalue weighted by atomic mass is 16.3. The minimum Gasteiger partial charge on any atom is -0.392 e. The normalized spacial score (nSPS) is 23.1. The summed E-state index contributed by atoms with van der Waals surface area (Å²) in [4.78, 5) is 24.2. The Morgan fingerprint density at radius 2 is 2.08 bits per heavy atom. The largest absolute Gasteiger partial charge is 0.392 e. The number of pyridine rings is 1. The minimum absolute atomic E-state index is 0.0881. The zero-order chi connectivity index (χ0) is 17.8. The first-order valence-corrected chi connectivity index (χ1v) is 9.51. The van der Waals surface area contributed by atoms with E-state index in [1.165, 1.54) is 12.8 Å². The predicted octanol–water partition coefficient (Wildman–Crippen LogP) is 1.60. The zero-order valence-electron chi connectivity index (χ0n) is 15.4. The first-order valence-electron chi connectivity index (χ1n) is 9.51. The van der Waals surface area contributed by atoms with Gasteiger partial charge in [-0.3, -0.25) is 9.69 Å². The number of carbonyl (C=O) groups is 1. The van der Waals surface area contributed by atoms with E-state index in [0.717, 1.165) is 44.0 Å². The van der Waals surface area contributed by atoms with E-state index in [-0.39, 0.29) is 12.0 Å². The van der Waals surface area contributed by atoms with E-state index < -0.39 is 0 Å². The van der Waals surface area contributed by atoms with Gasteiger partial charge in [0.25, 0.3) is 5.91 Å². The first-order chi connectivity index (χ1) is 12.1. The Balaban J connectivity index is 1.73. The van der Waals surface area contributed by atoms with Crippen molar-refractivity contribution in [3.8, 4) is 0 Å². The average molecular weight is 346 g/mol. The van der Waals surface area contributed by atoms with Crippen molar-refractivity contribution < 1.29 is 9.90 Å². The summed E-state index contributed by atoms with van der Waals surface area (Å²) in [5, 5.41) is 9.69. The Kier molecular flexibility index (Phi) is 5.91. The molecule has 6 heteroatoms. The van der Waals surface area contributed by atoms with Gasteiger partial charge in [-0.2, -0.15) is 0 Å². The number of rotatable bonds is 5. The molecule has 0 radical (unpaired) electrons. The number of β-amino-alcohol motifs (C(OH)–C–C–N with tert-alkyl or cyclic N) is 1.